The summed E-state index contributed by atoms with van der Waals surface area (Å²) in [5.74, 6) is 1.20. The number of aromatic nitrogens is 1. The molecule has 1 aliphatic carbocycles. The highest BCUT2D eigenvalue weighted by Crippen LogP contribution is 2.40. The minimum atomic E-state index is -0.246. The van der Waals surface area contributed by atoms with Gasteiger partial charge in [0.25, 0.3) is 0 Å². The van der Waals surface area contributed by atoms with Crippen molar-refractivity contribution in [3.8, 4) is 16.5 Å². The highest BCUT2D eigenvalue weighted by molar-refractivity contribution is 7.15. The Balaban J connectivity index is 1.55. The molecule has 0 radical (unpaired) electrons. The molecule has 0 bridgehead atoms. The summed E-state index contributed by atoms with van der Waals surface area (Å²) in [6.45, 7) is 2.05. The summed E-state index contributed by atoms with van der Waals surface area (Å²) in [4.78, 5) is 14.2. The molecular formula is C23H27N3O3S. The van der Waals surface area contributed by atoms with Crippen LogP contribution in [0.2, 0.25) is 0 Å². The third kappa shape index (κ3) is 4.03. The first kappa shape index (κ1) is 20.3. The molecule has 2 aromatic heterocycles. The van der Waals surface area contributed by atoms with Crippen molar-refractivity contribution in [2.75, 3.05) is 19.5 Å². The molecule has 0 saturated heterocycles. The number of thiophene rings is 1. The Morgan fingerprint density at radius 3 is 2.57 bits per heavy atom. The normalized spacial score (nSPS) is 14.0. The van der Waals surface area contributed by atoms with Crippen molar-refractivity contribution < 1.29 is 14.3 Å². The summed E-state index contributed by atoms with van der Waals surface area (Å²) in [5, 5.41) is 7.23. The number of nitrogens with one attached hydrogen (secondary N) is 2. The van der Waals surface area contributed by atoms with E-state index in [0.29, 0.717) is 17.2 Å². The Labute approximate surface area is 180 Å². The molecular weight excluding hydrogens is 398 g/mol. The summed E-state index contributed by atoms with van der Waals surface area (Å²) in [5.41, 5.74) is 3.29. The van der Waals surface area contributed by atoms with Crippen molar-refractivity contribution in [3.05, 3.63) is 58.7 Å². The van der Waals surface area contributed by atoms with Crippen molar-refractivity contribution in [2.45, 2.75) is 38.6 Å². The Hall–Kier alpha value is -2.93. The van der Waals surface area contributed by atoms with Gasteiger partial charge in [-0.05, 0) is 62.4 Å². The van der Waals surface area contributed by atoms with Gasteiger partial charge in [0.05, 0.1) is 20.3 Å². The lowest BCUT2D eigenvalue weighted by Gasteiger charge is -2.20. The molecule has 2 heterocycles. The van der Waals surface area contributed by atoms with Crippen molar-refractivity contribution in [3.63, 3.8) is 0 Å². The number of fused-ring (bicyclic) bond motifs is 1. The molecule has 0 spiro atoms. The maximum atomic E-state index is 12.7. The van der Waals surface area contributed by atoms with Crippen LogP contribution in [0.1, 0.15) is 41.8 Å². The van der Waals surface area contributed by atoms with Crippen LogP contribution in [0.15, 0.2) is 42.7 Å². The van der Waals surface area contributed by atoms with Crippen molar-refractivity contribution in [1.29, 1.82) is 0 Å². The van der Waals surface area contributed by atoms with Crippen LogP contribution >= 0.6 is 11.3 Å². The van der Waals surface area contributed by atoms with Gasteiger partial charge in [-0.15, -0.1) is 11.3 Å². The maximum Gasteiger partial charge on any atom is 0.319 e. The van der Waals surface area contributed by atoms with Crippen LogP contribution in [0, 0.1) is 0 Å². The summed E-state index contributed by atoms with van der Waals surface area (Å²) in [7, 11) is 3.16. The number of carbonyl (C=O) groups excluding carboxylic acids is 1. The molecule has 6 nitrogen and oxygen atoms in total. The van der Waals surface area contributed by atoms with Crippen LogP contribution in [0.3, 0.4) is 0 Å². The second-order valence-corrected chi connectivity index (χ2v) is 8.49. The topological polar surface area (TPSA) is 64.5 Å². The zero-order valence-corrected chi connectivity index (χ0v) is 18.3. The van der Waals surface area contributed by atoms with Gasteiger partial charge >= 0.3 is 6.03 Å². The summed E-state index contributed by atoms with van der Waals surface area (Å²) in [6.07, 6.45) is 8.77. The van der Waals surface area contributed by atoms with E-state index in [2.05, 4.69) is 34.5 Å². The first-order valence-electron chi connectivity index (χ1n) is 10.2. The second-order valence-electron chi connectivity index (χ2n) is 7.41. The number of benzene rings is 1. The molecule has 158 valence electrons. The predicted molar refractivity (Wildman–Crippen MR) is 120 cm³/mol. The number of carbonyl (C=O) groups is 1. The van der Waals surface area contributed by atoms with Gasteiger partial charge in [-0.25, -0.2) is 4.79 Å². The number of ether oxygens (including phenoxy) is 2. The molecule has 1 unspecified atom stereocenters. The first-order valence-corrected chi connectivity index (χ1v) is 11.0. The molecule has 1 aromatic carbocycles. The number of anilines is 1. The Morgan fingerprint density at radius 2 is 1.83 bits per heavy atom. The molecule has 0 fully saturated rings. The highest BCUT2D eigenvalue weighted by Gasteiger charge is 2.26. The maximum absolute atomic E-state index is 12.7. The highest BCUT2D eigenvalue weighted by atomic mass is 32.1. The third-order valence-electron chi connectivity index (χ3n) is 5.45. The smallest absolute Gasteiger partial charge is 0.319 e. The molecule has 30 heavy (non-hydrogen) atoms. The SMILES string of the molecule is COc1ccc(NC(=O)NC(C)c2c(-n3cccc3)sc3c2CCCC3)cc1OC. The predicted octanol–water partition coefficient (Wildman–Crippen LogP) is 5.32. The average Bonchev–Trinajstić information content (AvgIpc) is 3.41. The molecule has 2 N–H and O–H groups in total. The lowest BCUT2D eigenvalue weighted by Crippen LogP contribution is -2.32. The number of aryl methyl sites for hydroxylation is 1. The number of urea groups is 1. The minimum Gasteiger partial charge on any atom is -0.493 e. The van der Waals surface area contributed by atoms with Crippen molar-refractivity contribution in [2.24, 2.45) is 0 Å². The van der Waals surface area contributed by atoms with Gasteiger partial charge in [0.15, 0.2) is 11.5 Å². The largest absolute Gasteiger partial charge is 0.493 e. The van der Waals surface area contributed by atoms with E-state index < -0.39 is 0 Å². The van der Waals surface area contributed by atoms with Crippen LogP contribution < -0.4 is 20.1 Å². The van der Waals surface area contributed by atoms with Gasteiger partial charge in [0.2, 0.25) is 0 Å². The van der Waals surface area contributed by atoms with Crippen LogP contribution in [-0.2, 0) is 12.8 Å². The lowest BCUT2D eigenvalue weighted by molar-refractivity contribution is 0.249. The molecule has 7 heteroatoms. The van der Waals surface area contributed by atoms with Gasteiger partial charge in [-0.3, -0.25) is 0 Å². The standard InChI is InChI=1S/C23H27N3O3S/c1-15(24-23(27)25-16-10-11-18(28-2)19(14-16)29-3)21-17-8-4-5-9-20(17)30-22(21)26-12-6-7-13-26/h6-7,10-15H,4-5,8-9H2,1-3H3,(H2,24,25,27). The minimum absolute atomic E-state index is 0.111. The number of methoxy groups -OCH3 is 2. The summed E-state index contributed by atoms with van der Waals surface area (Å²) < 4.78 is 12.7. The Kier molecular flexibility index (Phi) is 5.99. The van der Waals surface area contributed by atoms with E-state index in [-0.39, 0.29) is 12.1 Å². The van der Waals surface area contributed by atoms with Crippen molar-refractivity contribution in [1.82, 2.24) is 9.88 Å². The van der Waals surface area contributed by atoms with E-state index in [1.807, 2.05) is 23.5 Å². The van der Waals surface area contributed by atoms with Gasteiger partial charge < -0.3 is 24.7 Å². The van der Waals surface area contributed by atoms with E-state index in [1.165, 1.54) is 33.8 Å². The fourth-order valence-corrected chi connectivity index (χ4v) is 5.49. The molecule has 1 aliphatic rings. The van der Waals surface area contributed by atoms with E-state index in [0.717, 1.165) is 12.8 Å². The molecule has 0 aliphatic heterocycles. The number of rotatable bonds is 6. The van der Waals surface area contributed by atoms with E-state index in [9.17, 15) is 4.79 Å². The quantitative estimate of drug-likeness (QED) is 0.562. The van der Waals surface area contributed by atoms with Gasteiger partial charge in [0.1, 0.15) is 5.00 Å². The van der Waals surface area contributed by atoms with Crippen molar-refractivity contribution >= 4 is 23.1 Å². The Bertz CT molecular complexity index is 1030. The van der Waals surface area contributed by atoms with Crippen LogP contribution in [-0.4, -0.2) is 24.8 Å². The van der Waals surface area contributed by atoms with E-state index >= 15 is 0 Å². The number of hydrogen-bond acceptors (Lipinski definition) is 4. The van der Waals surface area contributed by atoms with E-state index in [4.69, 9.17) is 9.47 Å². The molecule has 3 aromatic rings. The van der Waals surface area contributed by atoms with Crippen LogP contribution in [0.4, 0.5) is 10.5 Å². The van der Waals surface area contributed by atoms with Gasteiger partial charge in [-0.1, -0.05) is 0 Å². The molecule has 2 amide bonds. The number of nitrogens with zero attached hydrogens (tertiary/aromatic N) is 1. The second kappa shape index (κ2) is 8.83. The molecule has 1 atom stereocenters. The molecule has 0 saturated carbocycles. The van der Waals surface area contributed by atoms with E-state index in [1.54, 1.807) is 32.4 Å². The fourth-order valence-electron chi connectivity index (χ4n) is 4.03. The van der Waals surface area contributed by atoms with Crippen LogP contribution in [0.5, 0.6) is 11.5 Å². The zero-order chi connectivity index (χ0) is 21.1. The monoisotopic (exact) mass is 425 g/mol. The number of amides is 2. The van der Waals surface area contributed by atoms with Gasteiger partial charge in [0, 0.05) is 34.6 Å². The third-order valence-corrected chi connectivity index (χ3v) is 6.77. The average molecular weight is 426 g/mol. The Morgan fingerprint density at radius 1 is 1.10 bits per heavy atom. The lowest BCUT2D eigenvalue weighted by atomic mass is 9.93. The van der Waals surface area contributed by atoms with Gasteiger partial charge in [-0.2, -0.15) is 0 Å². The fraction of sp³-hybridized carbons (Fsp3) is 0.348. The summed E-state index contributed by atoms with van der Waals surface area (Å²) >= 11 is 1.85. The van der Waals surface area contributed by atoms with Crippen LogP contribution in [0.25, 0.3) is 5.00 Å². The summed E-state index contributed by atoms with van der Waals surface area (Å²) in [6, 6.07) is 9.03. The first-order chi connectivity index (χ1) is 14.6. The molecule has 4 rings (SSSR count). The zero-order valence-electron chi connectivity index (χ0n) is 17.5. The number of hydrogen-bond donors (Lipinski definition) is 2.